The molecular weight excluding hydrogens is 302 g/mol. The van der Waals surface area contributed by atoms with Gasteiger partial charge in [-0.05, 0) is 19.1 Å². The number of anilines is 1. The summed E-state index contributed by atoms with van der Waals surface area (Å²) in [5.41, 5.74) is 1.94. The van der Waals surface area contributed by atoms with Gasteiger partial charge in [0.2, 0.25) is 0 Å². The van der Waals surface area contributed by atoms with Crippen molar-refractivity contribution >= 4 is 11.6 Å². The van der Waals surface area contributed by atoms with Gasteiger partial charge in [-0.25, -0.2) is 9.97 Å². The Kier molecular flexibility index (Phi) is 4.81. The summed E-state index contributed by atoms with van der Waals surface area (Å²) in [5.74, 6) is 0.915. The summed E-state index contributed by atoms with van der Waals surface area (Å²) < 4.78 is 5.48. The van der Waals surface area contributed by atoms with E-state index in [9.17, 15) is 4.79 Å². The monoisotopic (exact) mass is 319 g/mol. The molecule has 3 rings (SSSR count). The molecule has 0 saturated heterocycles. The van der Waals surface area contributed by atoms with Gasteiger partial charge < -0.3 is 10.1 Å². The van der Waals surface area contributed by atoms with Crippen LogP contribution in [0, 0.1) is 0 Å². The van der Waals surface area contributed by atoms with Crippen LogP contribution in [0.4, 0.5) is 5.69 Å². The van der Waals surface area contributed by atoms with Crippen LogP contribution in [0.5, 0.6) is 5.75 Å². The molecule has 1 N–H and O–H groups in total. The second kappa shape index (κ2) is 7.37. The molecule has 0 aliphatic rings. The maximum Gasteiger partial charge on any atom is 0.259 e. The van der Waals surface area contributed by atoms with Gasteiger partial charge in [-0.2, -0.15) is 0 Å². The first kappa shape index (κ1) is 15.7. The quantitative estimate of drug-likeness (QED) is 0.777. The minimum atomic E-state index is -0.255. The van der Waals surface area contributed by atoms with Crippen molar-refractivity contribution in [2.45, 2.75) is 6.92 Å². The van der Waals surface area contributed by atoms with E-state index in [1.807, 2.05) is 43.3 Å². The first-order valence-corrected chi connectivity index (χ1v) is 7.68. The summed E-state index contributed by atoms with van der Waals surface area (Å²) in [6, 6.07) is 16.8. The van der Waals surface area contributed by atoms with Gasteiger partial charge in [-0.15, -0.1) is 0 Å². The first-order valence-electron chi connectivity index (χ1n) is 7.68. The Labute approximate surface area is 140 Å². The number of carbonyl (C=O) groups excluding carboxylic acids is 1. The fourth-order valence-electron chi connectivity index (χ4n) is 2.26. The molecule has 1 amide bonds. The second-order valence-corrected chi connectivity index (χ2v) is 5.04. The van der Waals surface area contributed by atoms with Gasteiger partial charge in [-0.3, -0.25) is 4.79 Å². The standard InChI is InChI=1S/C19H17N3O2/c1-2-24-17-11-7-6-10-16(17)19(23)22-15-12-20-18(21-13-15)14-8-4-3-5-9-14/h3-13H,2H2,1H3,(H,22,23). The van der Waals surface area contributed by atoms with Crippen molar-refractivity contribution in [2.75, 3.05) is 11.9 Å². The molecule has 0 atom stereocenters. The Morgan fingerprint density at radius 1 is 1.00 bits per heavy atom. The van der Waals surface area contributed by atoms with E-state index in [0.29, 0.717) is 29.4 Å². The van der Waals surface area contributed by atoms with Crippen LogP contribution in [0.3, 0.4) is 0 Å². The third kappa shape index (κ3) is 3.57. The molecule has 0 spiro atoms. The highest BCUT2D eigenvalue weighted by Gasteiger charge is 2.12. The lowest BCUT2D eigenvalue weighted by Crippen LogP contribution is -2.14. The van der Waals surface area contributed by atoms with E-state index in [-0.39, 0.29) is 5.91 Å². The average molecular weight is 319 g/mol. The smallest absolute Gasteiger partial charge is 0.259 e. The highest BCUT2D eigenvalue weighted by atomic mass is 16.5. The molecule has 0 aliphatic carbocycles. The van der Waals surface area contributed by atoms with Crippen molar-refractivity contribution < 1.29 is 9.53 Å². The molecule has 2 aromatic carbocycles. The van der Waals surface area contributed by atoms with Gasteiger partial charge in [0.1, 0.15) is 5.75 Å². The van der Waals surface area contributed by atoms with Crippen molar-refractivity contribution in [1.29, 1.82) is 0 Å². The third-order valence-corrected chi connectivity index (χ3v) is 3.37. The Bertz CT molecular complexity index is 818. The molecule has 0 aliphatic heterocycles. The molecule has 0 fully saturated rings. The molecule has 5 nitrogen and oxygen atoms in total. The van der Waals surface area contributed by atoms with Gasteiger partial charge in [0.25, 0.3) is 5.91 Å². The molecular formula is C19H17N3O2. The van der Waals surface area contributed by atoms with Crippen molar-refractivity contribution in [3.8, 4) is 17.1 Å². The second-order valence-electron chi connectivity index (χ2n) is 5.04. The van der Waals surface area contributed by atoms with Gasteiger partial charge in [0, 0.05) is 5.56 Å². The Morgan fingerprint density at radius 3 is 2.38 bits per heavy atom. The Hall–Kier alpha value is -3.21. The predicted octanol–water partition coefficient (Wildman–Crippen LogP) is 3.79. The highest BCUT2D eigenvalue weighted by Crippen LogP contribution is 2.20. The number of ether oxygens (including phenoxy) is 1. The van der Waals surface area contributed by atoms with E-state index < -0.39 is 0 Å². The molecule has 1 heterocycles. The molecule has 0 saturated carbocycles. The largest absolute Gasteiger partial charge is 0.493 e. The number of nitrogens with zero attached hydrogens (tertiary/aromatic N) is 2. The van der Waals surface area contributed by atoms with Crippen molar-refractivity contribution in [3.63, 3.8) is 0 Å². The number of rotatable bonds is 5. The summed E-state index contributed by atoms with van der Waals surface area (Å²) >= 11 is 0. The lowest BCUT2D eigenvalue weighted by molar-refractivity contribution is 0.102. The van der Waals surface area contributed by atoms with E-state index >= 15 is 0 Å². The third-order valence-electron chi connectivity index (χ3n) is 3.37. The van der Waals surface area contributed by atoms with Crippen LogP contribution >= 0.6 is 0 Å². The number of carbonyl (C=O) groups is 1. The number of amides is 1. The van der Waals surface area contributed by atoms with Crippen LogP contribution in [0.1, 0.15) is 17.3 Å². The van der Waals surface area contributed by atoms with Crippen molar-refractivity contribution in [1.82, 2.24) is 9.97 Å². The van der Waals surface area contributed by atoms with E-state index in [2.05, 4.69) is 15.3 Å². The average Bonchev–Trinajstić information content (AvgIpc) is 2.64. The zero-order valence-corrected chi connectivity index (χ0v) is 13.3. The lowest BCUT2D eigenvalue weighted by atomic mass is 10.2. The van der Waals surface area contributed by atoms with Crippen LogP contribution in [0.2, 0.25) is 0 Å². The predicted molar refractivity (Wildman–Crippen MR) is 93.0 cm³/mol. The molecule has 0 radical (unpaired) electrons. The molecule has 0 bridgehead atoms. The molecule has 24 heavy (non-hydrogen) atoms. The number of hydrogen-bond acceptors (Lipinski definition) is 4. The Balaban J connectivity index is 1.76. The van der Waals surface area contributed by atoms with Crippen LogP contribution in [0.25, 0.3) is 11.4 Å². The maximum atomic E-state index is 12.4. The topological polar surface area (TPSA) is 64.1 Å². The van der Waals surface area contributed by atoms with Gasteiger partial charge in [0.15, 0.2) is 5.82 Å². The van der Waals surface area contributed by atoms with Crippen LogP contribution in [0.15, 0.2) is 67.0 Å². The Morgan fingerprint density at radius 2 is 1.67 bits per heavy atom. The summed E-state index contributed by atoms with van der Waals surface area (Å²) in [6.07, 6.45) is 3.19. The normalized spacial score (nSPS) is 10.2. The summed E-state index contributed by atoms with van der Waals surface area (Å²) in [4.78, 5) is 21.0. The van der Waals surface area contributed by atoms with Crippen LogP contribution < -0.4 is 10.1 Å². The summed E-state index contributed by atoms with van der Waals surface area (Å²) in [5, 5.41) is 2.79. The zero-order chi connectivity index (χ0) is 16.8. The number of para-hydroxylation sites is 1. The number of aromatic nitrogens is 2. The van der Waals surface area contributed by atoms with E-state index in [4.69, 9.17) is 4.74 Å². The number of benzene rings is 2. The molecule has 1 aromatic heterocycles. The fourth-order valence-corrected chi connectivity index (χ4v) is 2.26. The highest BCUT2D eigenvalue weighted by molar-refractivity contribution is 6.06. The van der Waals surface area contributed by atoms with E-state index in [0.717, 1.165) is 5.56 Å². The minimum Gasteiger partial charge on any atom is -0.493 e. The SMILES string of the molecule is CCOc1ccccc1C(=O)Nc1cnc(-c2ccccc2)nc1. The lowest BCUT2D eigenvalue weighted by Gasteiger charge is -2.10. The zero-order valence-electron chi connectivity index (χ0n) is 13.3. The fraction of sp³-hybridized carbons (Fsp3) is 0.105. The summed E-state index contributed by atoms with van der Waals surface area (Å²) in [6.45, 7) is 2.38. The van der Waals surface area contributed by atoms with Crippen molar-refractivity contribution in [2.24, 2.45) is 0 Å². The molecule has 0 unspecified atom stereocenters. The van der Waals surface area contributed by atoms with E-state index in [1.165, 1.54) is 0 Å². The number of hydrogen-bond donors (Lipinski definition) is 1. The minimum absolute atomic E-state index is 0.255. The maximum absolute atomic E-state index is 12.4. The van der Waals surface area contributed by atoms with Crippen LogP contribution in [-0.4, -0.2) is 22.5 Å². The van der Waals surface area contributed by atoms with Gasteiger partial charge in [-0.1, -0.05) is 42.5 Å². The first-order chi connectivity index (χ1) is 11.8. The van der Waals surface area contributed by atoms with Crippen LogP contribution in [-0.2, 0) is 0 Å². The van der Waals surface area contributed by atoms with Crippen molar-refractivity contribution in [3.05, 3.63) is 72.6 Å². The van der Waals surface area contributed by atoms with Gasteiger partial charge in [0.05, 0.1) is 30.3 Å². The molecule has 5 heteroatoms. The van der Waals surface area contributed by atoms with E-state index in [1.54, 1.807) is 30.6 Å². The summed E-state index contributed by atoms with van der Waals surface area (Å²) in [7, 11) is 0. The number of nitrogens with one attached hydrogen (secondary N) is 1. The molecule has 120 valence electrons. The molecule has 3 aromatic rings. The van der Waals surface area contributed by atoms with Gasteiger partial charge >= 0.3 is 0 Å².